The van der Waals surface area contributed by atoms with Crippen LogP contribution in [0, 0.1) is 0 Å². The molecule has 2 N–H and O–H groups in total. The van der Waals surface area contributed by atoms with Crippen LogP contribution in [0.1, 0.15) is 39.7 Å². The maximum atomic E-state index is 12.1. The summed E-state index contributed by atoms with van der Waals surface area (Å²) in [6.45, 7) is 3.47. The molecule has 0 radical (unpaired) electrons. The number of esters is 1. The van der Waals surface area contributed by atoms with Crippen LogP contribution in [-0.4, -0.2) is 28.0 Å². The molecule has 1 aliphatic carbocycles. The highest BCUT2D eigenvalue weighted by molar-refractivity contribution is 7.80. The van der Waals surface area contributed by atoms with Crippen LogP contribution in [0.5, 0.6) is 0 Å². The third-order valence-electron chi connectivity index (χ3n) is 4.00. The van der Waals surface area contributed by atoms with Crippen LogP contribution in [0.2, 0.25) is 0 Å². The van der Waals surface area contributed by atoms with Crippen molar-refractivity contribution in [1.29, 1.82) is 0 Å². The van der Waals surface area contributed by atoms with Crippen LogP contribution in [0.4, 0.5) is 5.00 Å². The molecule has 0 spiro atoms. The van der Waals surface area contributed by atoms with E-state index in [-0.39, 0.29) is 5.97 Å². The lowest BCUT2D eigenvalue weighted by Crippen LogP contribution is -2.28. The molecule has 2 aromatic rings. The van der Waals surface area contributed by atoms with Gasteiger partial charge in [0.15, 0.2) is 5.11 Å². The molecular weight excluding hydrogens is 344 g/mol. The van der Waals surface area contributed by atoms with Crippen LogP contribution in [-0.2, 0) is 30.7 Å². The molecule has 2 aromatic heterocycles. The van der Waals surface area contributed by atoms with Gasteiger partial charge in [-0.2, -0.15) is 5.10 Å². The van der Waals surface area contributed by atoms with Gasteiger partial charge < -0.3 is 15.4 Å². The molecule has 24 heavy (non-hydrogen) atoms. The van der Waals surface area contributed by atoms with Gasteiger partial charge in [-0.1, -0.05) is 0 Å². The van der Waals surface area contributed by atoms with Gasteiger partial charge in [-0.3, -0.25) is 4.68 Å². The fourth-order valence-electron chi connectivity index (χ4n) is 2.81. The number of anilines is 1. The summed E-state index contributed by atoms with van der Waals surface area (Å²) in [6, 6.07) is 0. The Morgan fingerprint density at radius 2 is 2.33 bits per heavy atom. The summed E-state index contributed by atoms with van der Waals surface area (Å²) in [5, 5.41) is 11.8. The average Bonchev–Trinajstić information content (AvgIpc) is 3.27. The van der Waals surface area contributed by atoms with Crippen molar-refractivity contribution in [3.63, 3.8) is 0 Å². The number of carbonyl (C=O) groups is 1. The van der Waals surface area contributed by atoms with Crippen LogP contribution in [0.15, 0.2) is 12.4 Å². The van der Waals surface area contributed by atoms with E-state index >= 15 is 0 Å². The highest BCUT2D eigenvalue weighted by atomic mass is 32.1. The minimum atomic E-state index is -0.302. The first-order valence-electron chi connectivity index (χ1n) is 7.91. The summed E-state index contributed by atoms with van der Waals surface area (Å²) in [5.41, 5.74) is 2.81. The van der Waals surface area contributed by atoms with Gasteiger partial charge in [0.1, 0.15) is 5.00 Å². The third-order valence-corrected chi connectivity index (χ3v) is 5.46. The number of rotatable bonds is 5. The van der Waals surface area contributed by atoms with Gasteiger partial charge in [0.05, 0.1) is 18.9 Å². The van der Waals surface area contributed by atoms with Gasteiger partial charge in [-0.15, -0.1) is 11.3 Å². The van der Waals surface area contributed by atoms with Gasteiger partial charge in [-0.05, 0) is 44.0 Å². The number of carbonyl (C=O) groups excluding carboxylic acids is 1. The van der Waals surface area contributed by atoms with Crippen LogP contribution >= 0.6 is 23.6 Å². The Hall–Kier alpha value is -1.93. The molecule has 0 atom stereocenters. The van der Waals surface area contributed by atoms with Gasteiger partial charge >= 0.3 is 5.97 Å². The highest BCUT2D eigenvalue weighted by Crippen LogP contribution is 2.39. The van der Waals surface area contributed by atoms with E-state index in [0.717, 1.165) is 41.9 Å². The summed E-state index contributed by atoms with van der Waals surface area (Å²) in [7, 11) is 1.41. The number of fused-ring (bicyclic) bond motifs is 1. The normalized spacial score (nSPS) is 12.8. The average molecular weight is 364 g/mol. The Bertz CT molecular complexity index is 766. The molecule has 0 saturated heterocycles. The first-order valence-corrected chi connectivity index (χ1v) is 9.13. The van der Waals surface area contributed by atoms with Crippen LogP contribution in [0.3, 0.4) is 0 Å². The summed E-state index contributed by atoms with van der Waals surface area (Å²) in [4.78, 5) is 13.4. The number of hydrogen-bond acceptors (Lipinski definition) is 5. The Morgan fingerprint density at radius 1 is 1.50 bits per heavy atom. The van der Waals surface area contributed by atoms with Crippen molar-refractivity contribution in [2.45, 2.75) is 39.3 Å². The molecule has 0 unspecified atom stereocenters. The molecule has 128 valence electrons. The molecule has 8 heteroatoms. The minimum absolute atomic E-state index is 0.302. The summed E-state index contributed by atoms with van der Waals surface area (Å²) in [6.07, 6.45) is 6.83. The lowest BCUT2D eigenvalue weighted by Gasteiger charge is -2.10. The largest absolute Gasteiger partial charge is 0.465 e. The first kappa shape index (κ1) is 16.9. The molecule has 0 bridgehead atoms. The van der Waals surface area contributed by atoms with Crippen molar-refractivity contribution in [3.8, 4) is 0 Å². The molecule has 0 amide bonds. The van der Waals surface area contributed by atoms with E-state index in [1.54, 1.807) is 11.3 Å². The maximum Gasteiger partial charge on any atom is 0.341 e. The second-order valence-electron chi connectivity index (χ2n) is 5.57. The Labute approximate surface area is 150 Å². The van der Waals surface area contributed by atoms with Crippen molar-refractivity contribution in [3.05, 3.63) is 34.0 Å². The van der Waals surface area contributed by atoms with E-state index in [2.05, 4.69) is 15.7 Å². The van der Waals surface area contributed by atoms with Crippen molar-refractivity contribution < 1.29 is 9.53 Å². The number of methoxy groups -OCH3 is 1. The highest BCUT2D eigenvalue weighted by Gasteiger charge is 2.27. The molecule has 0 saturated carbocycles. The molecular formula is C16H20N4O2S2. The van der Waals surface area contributed by atoms with Gasteiger partial charge in [0.2, 0.25) is 0 Å². The number of hydrogen-bond donors (Lipinski definition) is 2. The van der Waals surface area contributed by atoms with E-state index in [4.69, 9.17) is 17.0 Å². The predicted molar refractivity (Wildman–Crippen MR) is 98.6 cm³/mol. The SMILES string of the molecule is CCn1cc(CNC(=S)Nc2sc3c(c2C(=O)OC)CCC3)cn1. The number of aromatic nitrogens is 2. The number of nitrogens with one attached hydrogen (secondary N) is 2. The Morgan fingerprint density at radius 3 is 3.04 bits per heavy atom. The zero-order valence-electron chi connectivity index (χ0n) is 13.7. The van der Waals surface area contributed by atoms with E-state index in [0.29, 0.717) is 17.2 Å². The van der Waals surface area contributed by atoms with Crippen molar-refractivity contribution in [2.75, 3.05) is 12.4 Å². The van der Waals surface area contributed by atoms with Crippen molar-refractivity contribution in [2.24, 2.45) is 0 Å². The van der Waals surface area contributed by atoms with Gasteiger partial charge in [0, 0.05) is 29.7 Å². The smallest absolute Gasteiger partial charge is 0.341 e. The lowest BCUT2D eigenvalue weighted by molar-refractivity contribution is 0.0601. The monoisotopic (exact) mass is 364 g/mol. The van der Waals surface area contributed by atoms with E-state index < -0.39 is 0 Å². The molecule has 3 rings (SSSR count). The molecule has 0 fully saturated rings. The van der Waals surface area contributed by atoms with Crippen LogP contribution < -0.4 is 10.6 Å². The van der Waals surface area contributed by atoms with E-state index in [9.17, 15) is 4.79 Å². The zero-order valence-corrected chi connectivity index (χ0v) is 15.4. The molecule has 0 aromatic carbocycles. The number of aryl methyl sites for hydroxylation is 2. The quantitative estimate of drug-likeness (QED) is 0.628. The number of thiophene rings is 1. The molecule has 0 aliphatic heterocycles. The predicted octanol–water partition coefficient (Wildman–Crippen LogP) is 2.73. The Kier molecular flexibility index (Phi) is 5.15. The van der Waals surface area contributed by atoms with Crippen LogP contribution in [0.25, 0.3) is 0 Å². The fraction of sp³-hybridized carbons (Fsp3) is 0.438. The molecule has 1 aliphatic rings. The summed E-state index contributed by atoms with van der Waals surface area (Å²) in [5.74, 6) is -0.302. The number of nitrogens with zero attached hydrogens (tertiary/aromatic N) is 2. The Balaban J connectivity index is 1.67. The number of ether oxygens (including phenoxy) is 1. The van der Waals surface area contributed by atoms with Crippen molar-refractivity contribution in [1.82, 2.24) is 15.1 Å². The third kappa shape index (κ3) is 3.44. The van der Waals surface area contributed by atoms with E-state index in [1.165, 1.54) is 12.0 Å². The first-order chi connectivity index (χ1) is 11.6. The molecule has 6 nitrogen and oxygen atoms in total. The second-order valence-corrected chi connectivity index (χ2v) is 7.08. The van der Waals surface area contributed by atoms with E-state index in [1.807, 2.05) is 24.0 Å². The van der Waals surface area contributed by atoms with Gasteiger partial charge in [0.25, 0.3) is 0 Å². The maximum absolute atomic E-state index is 12.1. The lowest BCUT2D eigenvalue weighted by atomic mass is 10.1. The minimum Gasteiger partial charge on any atom is -0.465 e. The van der Waals surface area contributed by atoms with Crippen molar-refractivity contribution >= 4 is 39.6 Å². The summed E-state index contributed by atoms with van der Waals surface area (Å²) < 4.78 is 6.81. The second kappa shape index (κ2) is 7.31. The zero-order chi connectivity index (χ0) is 17.1. The standard InChI is InChI=1S/C16H20N4O2S2/c1-3-20-9-10(8-18-20)7-17-16(23)19-14-13(15(21)22-2)11-5-4-6-12(11)24-14/h8-9H,3-7H2,1-2H3,(H2,17,19,23). The summed E-state index contributed by atoms with van der Waals surface area (Å²) >= 11 is 6.96. The number of thiocarbonyl (C=S) groups is 1. The fourth-order valence-corrected chi connectivity index (χ4v) is 4.33. The van der Waals surface area contributed by atoms with Gasteiger partial charge in [-0.25, -0.2) is 4.79 Å². The topological polar surface area (TPSA) is 68.2 Å². The molecule has 2 heterocycles.